The smallest absolute Gasteiger partial charge is 0.254 e. The molecule has 2 saturated heterocycles. The molecule has 2 fully saturated rings. The summed E-state index contributed by atoms with van der Waals surface area (Å²) in [5.74, 6) is -0.494. The zero-order valence-electron chi connectivity index (χ0n) is 17.2. The number of nitrogens with zero attached hydrogens (tertiary/aromatic N) is 3. The molecule has 0 bridgehead atoms. The molecule has 0 aliphatic carbocycles. The van der Waals surface area contributed by atoms with E-state index in [1.807, 2.05) is 17.0 Å². The lowest BCUT2D eigenvalue weighted by molar-refractivity contribution is -0.118. The molecule has 2 aromatic rings. The fourth-order valence-corrected chi connectivity index (χ4v) is 3.96. The number of hydrogen-bond acceptors (Lipinski definition) is 4. The highest BCUT2D eigenvalue weighted by Gasteiger charge is 2.25. The third-order valence-corrected chi connectivity index (χ3v) is 5.63. The van der Waals surface area contributed by atoms with Crippen LogP contribution < -0.4 is 10.2 Å². The van der Waals surface area contributed by atoms with Gasteiger partial charge in [-0.05, 0) is 48.9 Å². The average molecular weight is 424 g/mol. The molecule has 2 aliphatic rings. The molecule has 2 aromatic carbocycles. The number of benzene rings is 2. The summed E-state index contributed by atoms with van der Waals surface area (Å²) < 4.78 is 13.0. The summed E-state index contributed by atoms with van der Waals surface area (Å²) in [5.41, 5.74) is 1.89. The van der Waals surface area contributed by atoms with Crippen molar-refractivity contribution in [2.24, 2.45) is 0 Å². The van der Waals surface area contributed by atoms with E-state index in [2.05, 4.69) is 5.32 Å². The van der Waals surface area contributed by atoms with Crippen molar-refractivity contribution in [3.05, 3.63) is 59.9 Å². The zero-order valence-corrected chi connectivity index (χ0v) is 17.2. The lowest BCUT2D eigenvalue weighted by atomic mass is 10.1. The molecule has 4 rings (SSSR count). The Morgan fingerprint density at radius 3 is 2.39 bits per heavy atom. The van der Waals surface area contributed by atoms with Crippen LogP contribution in [0.3, 0.4) is 0 Å². The van der Waals surface area contributed by atoms with Crippen LogP contribution in [-0.2, 0) is 9.59 Å². The fourth-order valence-electron chi connectivity index (χ4n) is 3.96. The largest absolute Gasteiger partial charge is 0.336 e. The van der Waals surface area contributed by atoms with Crippen molar-refractivity contribution in [3.63, 3.8) is 0 Å². The molecule has 8 heteroatoms. The standard InChI is InChI=1S/C23H25FN4O3/c24-18-6-8-19(9-7-18)25-21(29)16-26-11-13-27(14-12-26)23(31)17-3-1-4-20(15-17)28-10-2-5-22(28)30/h1,3-4,6-9,15H,2,5,10-14,16H2,(H,25,29). The van der Waals surface area contributed by atoms with Gasteiger partial charge in [-0.3, -0.25) is 19.3 Å². The minimum atomic E-state index is -0.351. The average Bonchev–Trinajstić information content (AvgIpc) is 3.21. The summed E-state index contributed by atoms with van der Waals surface area (Å²) in [6.07, 6.45) is 1.39. The number of rotatable bonds is 5. The minimum absolute atomic E-state index is 0.0658. The summed E-state index contributed by atoms with van der Waals surface area (Å²) in [5, 5.41) is 2.75. The normalized spacial score (nSPS) is 17.1. The van der Waals surface area contributed by atoms with Crippen molar-refractivity contribution in [3.8, 4) is 0 Å². The van der Waals surface area contributed by atoms with Gasteiger partial charge in [0.25, 0.3) is 5.91 Å². The van der Waals surface area contributed by atoms with Gasteiger partial charge in [-0.2, -0.15) is 0 Å². The second-order valence-electron chi connectivity index (χ2n) is 7.82. The Morgan fingerprint density at radius 1 is 0.968 bits per heavy atom. The lowest BCUT2D eigenvalue weighted by Crippen LogP contribution is -2.50. The number of halogens is 1. The fraction of sp³-hybridized carbons (Fsp3) is 0.348. The highest BCUT2D eigenvalue weighted by atomic mass is 19.1. The van der Waals surface area contributed by atoms with Crippen molar-refractivity contribution < 1.29 is 18.8 Å². The summed E-state index contributed by atoms with van der Waals surface area (Å²) in [7, 11) is 0. The van der Waals surface area contributed by atoms with E-state index in [-0.39, 0.29) is 30.1 Å². The number of hydrogen-bond donors (Lipinski definition) is 1. The maximum atomic E-state index is 13.0. The van der Waals surface area contributed by atoms with Crippen LogP contribution in [0.5, 0.6) is 0 Å². The highest BCUT2D eigenvalue weighted by Crippen LogP contribution is 2.23. The van der Waals surface area contributed by atoms with E-state index in [1.54, 1.807) is 21.9 Å². The second-order valence-corrected chi connectivity index (χ2v) is 7.82. The Balaban J connectivity index is 1.29. The maximum absolute atomic E-state index is 13.0. The van der Waals surface area contributed by atoms with Crippen molar-refractivity contribution in [1.82, 2.24) is 9.80 Å². The van der Waals surface area contributed by atoms with Gasteiger partial charge in [0.1, 0.15) is 5.82 Å². The van der Waals surface area contributed by atoms with Gasteiger partial charge in [0.15, 0.2) is 0 Å². The number of amides is 3. The lowest BCUT2D eigenvalue weighted by Gasteiger charge is -2.34. The summed E-state index contributed by atoms with van der Waals surface area (Å²) >= 11 is 0. The topological polar surface area (TPSA) is 73.0 Å². The molecule has 0 radical (unpaired) electrons. The Labute approximate surface area is 180 Å². The number of nitrogens with one attached hydrogen (secondary N) is 1. The summed E-state index contributed by atoms with van der Waals surface area (Å²) in [6, 6.07) is 12.9. The molecule has 2 aliphatic heterocycles. The third-order valence-electron chi connectivity index (χ3n) is 5.63. The predicted octanol–water partition coefficient (Wildman–Crippen LogP) is 2.35. The molecule has 31 heavy (non-hydrogen) atoms. The molecule has 2 heterocycles. The molecule has 0 aromatic heterocycles. The zero-order chi connectivity index (χ0) is 21.8. The molecule has 1 N–H and O–H groups in total. The van der Waals surface area contributed by atoms with Crippen LogP contribution in [0, 0.1) is 5.82 Å². The van der Waals surface area contributed by atoms with Crippen LogP contribution in [0.2, 0.25) is 0 Å². The van der Waals surface area contributed by atoms with Crippen LogP contribution in [0.1, 0.15) is 23.2 Å². The number of anilines is 2. The van der Waals surface area contributed by atoms with Crippen LogP contribution in [-0.4, -0.2) is 66.8 Å². The molecule has 7 nitrogen and oxygen atoms in total. The third kappa shape index (κ3) is 5.08. The van der Waals surface area contributed by atoms with Crippen LogP contribution >= 0.6 is 0 Å². The van der Waals surface area contributed by atoms with Gasteiger partial charge in [0.05, 0.1) is 6.54 Å². The van der Waals surface area contributed by atoms with Gasteiger partial charge in [-0.25, -0.2) is 4.39 Å². The van der Waals surface area contributed by atoms with Crippen molar-refractivity contribution >= 4 is 29.1 Å². The molecule has 0 saturated carbocycles. The number of carbonyl (C=O) groups is 3. The quantitative estimate of drug-likeness (QED) is 0.800. The van der Waals surface area contributed by atoms with E-state index in [0.29, 0.717) is 50.4 Å². The SMILES string of the molecule is O=C(CN1CCN(C(=O)c2cccc(N3CCCC3=O)c2)CC1)Nc1ccc(F)cc1. The van der Waals surface area contributed by atoms with Crippen molar-refractivity contribution in [2.75, 3.05) is 49.5 Å². The number of piperazine rings is 1. The maximum Gasteiger partial charge on any atom is 0.254 e. The van der Waals surface area contributed by atoms with Gasteiger partial charge in [-0.15, -0.1) is 0 Å². The van der Waals surface area contributed by atoms with E-state index in [9.17, 15) is 18.8 Å². The van der Waals surface area contributed by atoms with Gasteiger partial charge in [0.2, 0.25) is 11.8 Å². The first-order valence-electron chi connectivity index (χ1n) is 10.5. The number of carbonyl (C=O) groups excluding carboxylic acids is 3. The van der Waals surface area contributed by atoms with Crippen LogP contribution in [0.15, 0.2) is 48.5 Å². The van der Waals surface area contributed by atoms with Gasteiger partial charge < -0.3 is 15.1 Å². The molecule has 0 spiro atoms. The van der Waals surface area contributed by atoms with Crippen LogP contribution in [0.25, 0.3) is 0 Å². The molecular formula is C23H25FN4O3. The van der Waals surface area contributed by atoms with E-state index in [0.717, 1.165) is 12.1 Å². The highest BCUT2D eigenvalue weighted by molar-refractivity contribution is 5.99. The molecule has 0 unspecified atom stereocenters. The van der Waals surface area contributed by atoms with E-state index < -0.39 is 0 Å². The summed E-state index contributed by atoms with van der Waals surface area (Å²) in [6.45, 7) is 3.13. The Morgan fingerprint density at radius 2 is 1.71 bits per heavy atom. The molecule has 3 amide bonds. The van der Waals surface area contributed by atoms with Gasteiger partial charge >= 0.3 is 0 Å². The van der Waals surface area contributed by atoms with Gasteiger partial charge in [-0.1, -0.05) is 6.07 Å². The Kier molecular flexibility index (Phi) is 6.27. The monoisotopic (exact) mass is 424 g/mol. The molecular weight excluding hydrogens is 399 g/mol. The molecule has 0 atom stereocenters. The van der Waals surface area contributed by atoms with Crippen LogP contribution in [0.4, 0.5) is 15.8 Å². The predicted molar refractivity (Wildman–Crippen MR) is 115 cm³/mol. The Bertz CT molecular complexity index is 971. The first-order chi connectivity index (χ1) is 15.0. The first kappa shape index (κ1) is 21.0. The van der Waals surface area contributed by atoms with Gasteiger partial charge in [0, 0.05) is 56.1 Å². The van der Waals surface area contributed by atoms with Crippen molar-refractivity contribution in [2.45, 2.75) is 12.8 Å². The van der Waals surface area contributed by atoms with E-state index in [1.165, 1.54) is 24.3 Å². The van der Waals surface area contributed by atoms with E-state index in [4.69, 9.17) is 0 Å². The summed E-state index contributed by atoms with van der Waals surface area (Å²) in [4.78, 5) is 42.7. The minimum Gasteiger partial charge on any atom is -0.336 e. The van der Waals surface area contributed by atoms with E-state index >= 15 is 0 Å². The Hall–Kier alpha value is -3.26. The van der Waals surface area contributed by atoms with Crippen molar-refractivity contribution in [1.29, 1.82) is 0 Å². The first-order valence-corrected chi connectivity index (χ1v) is 10.5. The second kappa shape index (κ2) is 9.26. The molecule has 162 valence electrons.